The Morgan fingerprint density at radius 3 is 1.51 bits per heavy atom. The molecule has 11 rings (SSSR count). The fourth-order valence-electron chi connectivity index (χ4n) is 8.00. The Morgan fingerprint density at radius 1 is 0.518 bits per heavy atom. The average Bonchev–Trinajstić information content (AvgIpc) is 3.56. The van der Waals surface area contributed by atoms with E-state index < -0.39 is 42.9 Å². The second kappa shape index (κ2) is 24.4. The number of anilines is 6. The Balaban J connectivity index is 0.000000150. The second-order valence-electron chi connectivity index (χ2n) is 17.5. The molecule has 0 amide bonds. The normalized spacial score (nSPS) is 11.5. The number of alkyl halides is 8. The lowest BCUT2D eigenvalue weighted by Crippen LogP contribution is -2.19. The second-order valence-corrected chi connectivity index (χ2v) is 17.9. The Kier molecular flexibility index (Phi) is 17.0. The summed E-state index contributed by atoms with van der Waals surface area (Å²) in [6.07, 6.45) is 1.18. The average molecular weight is 1170 g/mol. The van der Waals surface area contributed by atoms with Gasteiger partial charge in [0.1, 0.15) is 39.8 Å². The molecule has 83 heavy (non-hydrogen) atoms. The molecule has 7 aromatic heterocycles. The van der Waals surface area contributed by atoms with Crippen LogP contribution in [-0.2, 0) is 6.18 Å². The van der Waals surface area contributed by atoms with Crippen molar-refractivity contribution in [3.8, 4) is 29.0 Å². The molecule has 29 heteroatoms. The van der Waals surface area contributed by atoms with Crippen molar-refractivity contribution in [3.05, 3.63) is 186 Å². The molecule has 0 saturated carbocycles. The fourth-order valence-corrected chi connectivity index (χ4v) is 8.25. The van der Waals surface area contributed by atoms with Gasteiger partial charge in [-0.2, -0.15) is 35.1 Å². The highest BCUT2D eigenvalue weighted by Crippen LogP contribution is 2.30. The SMILES string of the molecule is Cc1nc(C)n(-c2cncc(Nc3ccc(OC(F)F)cc3)n2)c1Cl.Cc1nc2cc(F)c(F)cc2n1-c1cncc(Nc2ccc(C(F)(F)F)nc2)n1.Cc1nc2ccccc2n1-c1cncc(Nc2ccc(OCC(F)(F)F)cc2)n1. The molecule has 3 N–H and O–H groups in total. The number of para-hydroxylation sites is 2. The third kappa shape index (κ3) is 14.3. The van der Waals surface area contributed by atoms with Gasteiger partial charge in [0, 0.05) is 23.5 Å². The maximum absolute atomic E-state index is 13.7. The molecule has 4 aromatic carbocycles. The van der Waals surface area contributed by atoms with Crippen LogP contribution in [0, 0.1) is 39.3 Å². The first kappa shape index (κ1) is 57.7. The summed E-state index contributed by atoms with van der Waals surface area (Å²) in [5, 5.41) is 9.41. The van der Waals surface area contributed by atoms with Crippen molar-refractivity contribution in [3.63, 3.8) is 0 Å². The summed E-state index contributed by atoms with van der Waals surface area (Å²) in [6.45, 7) is 2.98. The van der Waals surface area contributed by atoms with E-state index in [9.17, 15) is 43.9 Å². The van der Waals surface area contributed by atoms with Gasteiger partial charge in [0.05, 0.1) is 76.8 Å². The van der Waals surface area contributed by atoms with E-state index in [-0.39, 0.29) is 34.3 Å². The maximum atomic E-state index is 13.7. The lowest BCUT2D eigenvalue weighted by atomic mass is 10.3. The van der Waals surface area contributed by atoms with Crippen molar-refractivity contribution in [1.29, 1.82) is 0 Å². The van der Waals surface area contributed by atoms with E-state index in [1.54, 1.807) is 60.5 Å². The molecule has 7 heterocycles. The maximum Gasteiger partial charge on any atom is 0.433 e. The van der Waals surface area contributed by atoms with Crippen LogP contribution >= 0.6 is 11.6 Å². The number of hydrogen-bond donors (Lipinski definition) is 3. The molecule has 0 aliphatic carbocycles. The van der Waals surface area contributed by atoms with Crippen molar-refractivity contribution in [2.24, 2.45) is 0 Å². The summed E-state index contributed by atoms with van der Waals surface area (Å²) in [5.74, 6) is 2.63. The zero-order valence-electron chi connectivity index (χ0n) is 43.4. The molecule has 18 nitrogen and oxygen atoms in total. The van der Waals surface area contributed by atoms with Gasteiger partial charge in [-0.25, -0.2) is 43.7 Å². The fraction of sp³-hybridized carbons (Fsp3) is 0.148. The Labute approximate surface area is 467 Å². The molecule has 0 fully saturated rings. The first-order valence-electron chi connectivity index (χ1n) is 24.2. The lowest BCUT2D eigenvalue weighted by Gasteiger charge is -2.11. The molecule has 0 saturated heterocycles. The van der Waals surface area contributed by atoms with Gasteiger partial charge in [0.2, 0.25) is 0 Å². The number of aryl methyl sites for hydroxylation is 4. The van der Waals surface area contributed by atoms with Gasteiger partial charge in [0.25, 0.3) is 0 Å². The van der Waals surface area contributed by atoms with Gasteiger partial charge in [-0.15, -0.1) is 0 Å². The van der Waals surface area contributed by atoms with Crippen LogP contribution in [0.15, 0.2) is 140 Å². The number of ether oxygens (including phenoxy) is 2. The minimum Gasteiger partial charge on any atom is -0.484 e. The largest absolute Gasteiger partial charge is 0.484 e. The molecule has 0 unspecified atom stereocenters. The van der Waals surface area contributed by atoms with E-state index in [2.05, 4.69) is 70.5 Å². The topological polar surface area (TPSA) is 198 Å². The zero-order valence-corrected chi connectivity index (χ0v) is 44.1. The molecular weight excluding hydrogens is 1130 g/mol. The highest BCUT2D eigenvalue weighted by molar-refractivity contribution is 6.30. The van der Waals surface area contributed by atoms with Crippen molar-refractivity contribution >= 4 is 68.2 Å². The first-order valence-corrected chi connectivity index (χ1v) is 24.6. The standard InChI is InChI=1S/C20H16F3N5O.C18H11F5N6.C16H14ClF2N5O/c1-13-25-16-4-2-3-5-17(16)28(13)19-11-24-10-18(27-19)26-14-6-8-15(9-7-14)29-12-20(21,22)23;1-9-26-13-4-11(19)12(20)5-14(13)29(9)17-8-24-7-16(28-17)27-10-2-3-15(25-6-10)18(21,22)23;1-9-15(17)24(10(2)21-9)14-8-20-7-13(23-14)22-11-3-5-12(6-4-11)25-16(18)19/h2-11H,12H2,1H3,(H,26,27);2-8H,1H3,(H,27,28);3-8,16H,1-2H3,(H,22,23). The number of nitrogens with zero attached hydrogens (tertiary/aromatic N) is 13. The molecule has 0 aliphatic rings. The number of imidazole rings is 3. The quantitative estimate of drug-likeness (QED) is 0.0921. The Morgan fingerprint density at radius 2 is 1.00 bits per heavy atom. The predicted octanol–water partition coefficient (Wildman–Crippen LogP) is 13.6. The van der Waals surface area contributed by atoms with Crippen LogP contribution in [0.1, 0.15) is 28.9 Å². The summed E-state index contributed by atoms with van der Waals surface area (Å²) < 4.78 is 140. The number of benzene rings is 4. The zero-order chi connectivity index (χ0) is 59.2. The Bertz CT molecular complexity index is 4050. The molecule has 0 radical (unpaired) electrons. The molecule has 0 atom stereocenters. The number of rotatable bonds is 13. The van der Waals surface area contributed by atoms with E-state index in [0.29, 0.717) is 62.7 Å². The van der Waals surface area contributed by atoms with Gasteiger partial charge < -0.3 is 25.4 Å². The predicted molar refractivity (Wildman–Crippen MR) is 287 cm³/mol. The van der Waals surface area contributed by atoms with E-state index in [1.165, 1.54) is 47.3 Å². The van der Waals surface area contributed by atoms with E-state index >= 15 is 0 Å². The number of nitrogens with one attached hydrogen (secondary N) is 3. The van der Waals surface area contributed by atoms with Crippen LogP contribution in [-0.4, -0.2) is 82.9 Å². The van der Waals surface area contributed by atoms with E-state index in [1.807, 2.05) is 49.6 Å². The van der Waals surface area contributed by atoms with E-state index in [4.69, 9.17) is 16.3 Å². The first-order chi connectivity index (χ1) is 39.5. The minimum absolute atomic E-state index is 0.0803. The van der Waals surface area contributed by atoms with Crippen LogP contribution in [0.3, 0.4) is 0 Å². The summed E-state index contributed by atoms with van der Waals surface area (Å²) in [4.78, 5) is 42.2. The van der Waals surface area contributed by atoms with Gasteiger partial charge in [-0.1, -0.05) is 23.7 Å². The van der Waals surface area contributed by atoms with Crippen LogP contribution in [0.4, 0.5) is 78.4 Å². The molecule has 0 aliphatic heterocycles. The third-order valence-corrected chi connectivity index (χ3v) is 11.9. The van der Waals surface area contributed by atoms with Crippen molar-refractivity contribution in [2.45, 2.75) is 46.7 Å². The Hall–Kier alpha value is -9.99. The summed E-state index contributed by atoms with van der Waals surface area (Å²) >= 11 is 6.26. The van der Waals surface area contributed by atoms with Crippen molar-refractivity contribution < 1.29 is 53.4 Å². The number of aromatic nitrogens is 13. The van der Waals surface area contributed by atoms with Crippen molar-refractivity contribution in [1.82, 2.24) is 63.5 Å². The van der Waals surface area contributed by atoms with Crippen LogP contribution in [0.2, 0.25) is 5.15 Å². The van der Waals surface area contributed by atoms with Crippen LogP contribution < -0.4 is 25.4 Å². The number of hydrogen-bond acceptors (Lipinski definition) is 15. The monoisotopic (exact) mass is 1170 g/mol. The summed E-state index contributed by atoms with van der Waals surface area (Å²) in [5.41, 5.74) is 3.57. The van der Waals surface area contributed by atoms with Gasteiger partial charge >= 0.3 is 19.0 Å². The molecule has 426 valence electrons. The summed E-state index contributed by atoms with van der Waals surface area (Å²) in [7, 11) is 0. The lowest BCUT2D eigenvalue weighted by molar-refractivity contribution is -0.153. The van der Waals surface area contributed by atoms with Crippen molar-refractivity contribution in [2.75, 3.05) is 22.6 Å². The number of fused-ring (bicyclic) bond motifs is 2. The minimum atomic E-state index is -4.53. The number of halogens is 11. The summed E-state index contributed by atoms with van der Waals surface area (Å²) in [6, 6.07) is 24.0. The third-order valence-electron chi connectivity index (χ3n) is 11.5. The molecule has 0 spiro atoms. The van der Waals surface area contributed by atoms with Gasteiger partial charge in [0.15, 0.2) is 53.1 Å². The molecule has 0 bridgehead atoms. The van der Waals surface area contributed by atoms with Crippen LogP contribution in [0.25, 0.3) is 39.5 Å². The highest BCUT2D eigenvalue weighted by Gasteiger charge is 2.32. The molecular formula is C54H41ClF10N16O2. The van der Waals surface area contributed by atoms with E-state index in [0.717, 1.165) is 41.3 Å². The van der Waals surface area contributed by atoms with Crippen LogP contribution in [0.5, 0.6) is 11.5 Å². The highest BCUT2D eigenvalue weighted by atomic mass is 35.5. The van der Waals surface area contributed by atoms with Gasteiger partial charge in [-0.05, 0) is 100 Å². The smallest absolute Gasteiger partial charge is 0.433 e. The molecule has 11 aromatic rings. The number of pyridine rings is 1. The van der Waals surface area contributed by atoms with Gasteiger partial charge in [-0.3, -0.25) is 28.7 Å².